The molecular weight excluding hydrogens is 320 g/mol. The highest BCUT2D eigenvalue weighted by atomic mass is 79.9. The van der Waals surface area contributed by atoms with E-state index >= 15 is 0 Å². The summed E-state index contributed by atoms with van der Waals surface area (Å²) in [5, 5.41) is 3.81. The van der Waals surface area contributed by atoms with Crippen molar-refractivity contribution in [1.82, 2.24) is 4.98 Å². The van der Waals surface area contributed by atoms with Crippen molar-refractivity contribution in [3.05, 3.63) is 21.9 Å². The molecule has 0 aliphatic heterocycles. The first-order chi connectivity index (χ1) is 8.65. The second-order valence-corrected chi connectivity index (χ2v) is 5.45. The molecule has 3 atom stereocenters. The third kappa shape index (κ3) is 2.96. The van der Waals surface area contributed by atoms with Gasteiger partial charge in [0.25, 0.3) is 0 Å². The molecule has 2 rings (SSSR count). The highest BCUT2D eigenvalue weighted by Crippen LogP contribution is 2.32. The van der Waals surface area contributed by atoms with E-state index in [1.54, 1.807) is 13.3 Å². The lowest BCUT2D eigenvalue weighted by Gasteiger charge is -2.43. The van der Waals surface area contributed by atoms with Crippen LogP contribution >= 0.6 is 27.5 Å². The molecule has 1 aromatic heterocycles. The van der Waals surface area contributed by atoms with Crippen molar-refractivity contribution in [2.24, 2.45) is 0 Å². The Morgan fingerprint density at radius 3 is 3.06 bits per heavy atom. The average molecular weight is 336 g/mol. The van der Waals surface area contributed by atoms with Gasteiger partial charge in [0.15, 0.2) is 5.15 Å². The Hall–Kier alpha value is -0.360. The first-order valence-electron chi connectivity index (χ1n) is 5.87. The van der Waals surface area contributed by atoms with Gasteiger partial charge < -0.3 is 14.8 Å². The fourth-order valence-electron chi connectivity index (χ4n) is 2.14. The summed E-state index contributed by atoms with van der Waals surface area (Å²) >= 11 is 9.42. The molecule has 1 aromatic rings. The first-order valence-corrected chi connectivity index (χ1v) is 7.04. The van der Waals surface area contributed by atoms with Crippen LogP contribution in [0.2, 0.25) is 5.15 Å². The number of hydrogen-bond donors (Lipinski definition) is 1. The van der Waals surface area contributed by atoms with Crippen molar-refractivity contribution < 1.29 is 9.47 Å². The number of methoxy groups -OCH3 is 1. The van der Waals surface area contributed by atoms with Gasteiger partial charge in [0.1, 0.15) is 6.10 Å². The van der Waals surface area contributed by atoms with Gasteiger partial charge in [-0.15, -0.1) is 0 Å². The van der Waals surface area contributed by atoms with Crippen molar-refractivity contribution in [2.45, 2.75) is 31.6 Å². The van der Waals surface area contributed by atoms with E-state index in [0.717, 1.165) is 16.6 Å². The molecule has 1 saturated carbocycles. The number of hydrogen-bond acceptors (Lipinski definition) is 4. The van der Waals surface area contributed by atoms with Gasteiger partial charge in [0.2, 0.25) is 0 Å². The highest BCUT2D eigenvalue weighted by molar-refractivity contribution is 9.10. The van der Waals surface area contributed by atoms with Crippen LogP contribution < -0.4 is 5.32 Å². The smallest absolute Gasteiger partial charge is 0.152 e. The lowest BCUT2D eigenvalue weighted by molar-refractivity contribution is -0.118. The Balaban J connectivity index is 2.00. The SMILES string of the molecule is CCOC1CC(Nc2cc(Br)cnc2Cl)C1OC. The summed E-state index contributed by atoms with van der Waals surface area (Å²) in [5.74, 6) is 0. The molecule has 18 heavy (non-hydrogen) atoms. The summed E-state index contributed by atoms with van der Waals surface area (Å²) in [7, 11) is 1.70. The number of pyridine rings is 1. The summed E-state index contributed by atoms with van der Waals surface area (Å²) in [5.41, 5.74) is 0.813. The van der Waals surface area contributed by atoms with Crippen LogP contribution in [0.4, 0.5) is 5.69 Å². The quantitative estimate of drug-likeness (QED) is 0.840. The van der Waals surface area contributed by atoms with E-state index in [2.05, 4.69) is 26.2 Å². The number of nitrogens with one attached hydrogen (secondary N) is 1. The van der Waals surface area contributed by atoms with Crippen LogP contribution in [0.1, 0.15) is 13.3 Å². The minimum Gasteiger partial charge on any atom is -0.377 e. The van der Waals surface area contributed by atoms with Gasteiger partial charge in [0.05, 0.1) is 17.8 Å². The number of ether oxygens (including phenoxy) is 2. The molecule has 0 spiro atoms. The first kappa shape index (κ1) is 14.1. The second kappa shape index (κ2) is 6.19. The predicted molar refractivity (Wildman–Crippen MR) is 75.2 cm³/mol. The second-order valence-electron chi connectivity index (χ2n) is 4.17. The maximum absolute atomic E-state index is 6.04. The maximum atomic E-state index is 6.04. The van der Waals surface area contributed by atoms with Crippen LogP contribution in [0.3, 0.4) is 0 Å². The zero-order chi connectivity index (χ0) is 13.1. The Kier molecular flexibility index (Phi) is 4.84. The van der Waals surface area contributed by atoms with Gasteiger partial charge in [-0.05, 0) is 35.3 Å². The molecule has 0 saturated heterocycles. The fourth-order valence-corrected chi connectivity index (χ4v) is 2.63. The fraction of sp³-hybridized carbons (Fsp3) is 0.583. The molecule has 1 heterocycles. The Labute approximate surface area is 120 Å². The normalized spacial score (nSPS) is 26.8. The molecule has 0 aromatic carbocycles. The number of halogens is 2. The predicted octanol–water partition coefficient (Wildman–Crippen LogP) is 3.10. The number of nitrogens with zero attached hydrogens (tertiary/aromatic N) is 1. The van der Waals surface area contributed by atoms with Gasteiger partial charge in [-0.25, -0.2) is 4.98 Å². The van der Waals surface area contributed by atoms with Crippen LogP contribution in [0.5, 0.6) is 0 Å². The van der Waals surface area contributed by atoms with Gasteiger partial charge in [0, 0.05) is 24.4 Å². The number of rotatable bonds is 5. The molecule has 1 aliphatic rings. The van der Waals surface area contributed by atoms with Crippen molar-refractivity contribution >= 4 is 33.2 Å². The zero-order valence-corrected chi connectivity index (χ0v) is 12.7. The molecule has 100 valence electrons. The minimum atomic E-state index is 0.0556. The van der Waals surface area contributed by atoms with Crippen LogP contribution in [0.15, 0.2) is 16.7 Å². The van der Waals surface area contributed by atoms with Crippen molar-refractivity contribution in [1.29, 1.82) is 0 Å². The van der Waals surface area contributed by atoms with E-state index in [-0.39, 0.29) is 18.2 Å². The molecular formula is C12H16BrClN2O2. The van der Waals surface area contributed by atoms with Crippen molar-refractivity contribution in [3.8, 4) is 0 Å². The van der Waals surface area contributed by atoms with Crippen LogP contribution in [-0.2, 0) is 9.47 Å². The summed E-state index contributed by atoms with van der Waals surface area (Å²) in [6.45, 7) is 2.69. The standard InChI is InChI=1S/C12H16BrClN2O2/c1-3-18-10-5-8(11(10)17-2)16-9-4-7(13)6-15-12(9)14/h4,6,8,10-11,16H,3,5H2,1-2H3. The molecule has 0 radical (unpaired) electrons. The minimum absolute atomic E-state index is 0.0556. The number of aromatic nitrogens is 1. The van der Waals surface area contributed by atoms with E-state index < -0.39 is 0 Å². The Morgan fingerprint density at radius 2 is 2.39 bits per heavy atom. The highest BCUT2D eigenvalue weighted by Gasteiger charge is 2.42. The van der Waals surface area contributed by atoms with E-state index in [1.807, 2.05) is 13.0 Å². The van der Waals surface area contributed by atoms with Crippen LogP contribution in [0, 0.1) is 0 Å². The Morgan fingerprint density at radius 1 is 1.61 bits per heavy atom. The van der Waals surface area contributed by atoms with Crippen molar-refractivity contribution in [2.75, 3.05) is 19.0 Å². The number of anilines is 1. The summed E-state index contributed by atoms with van der Waals surface area (Å²) in [6.07, 6.45) is 2.80. The van der Waals surface area contributed by atoms with Gasteiger partial charge in [-0.1, -0.05) is 11.6 Å². The third-order valence-corrected chi connectivity index (χ3v) is 3.78. The molecule has 0 amide bonds. The lowest BCUT2D eigenvalue weighted by Crippen LogP contribution is -2.56. The summed E-state index contributed by atoms with van der Waals surface area (Å²) in [4.78, 5) is 4.08. The monoisotopic (exact) mass is 334 g/mol. The molecule has 6 heteroatoms. The van der Waals surface area contributed by atoms with Gasteiger partial charge >= 0.3 is 0 Å². The lowest BCUT2D eigenvalue weighted by atomic mass is 9.85. The van der Waals surface area contributed by atoms with Crippen molar-refractivity contribution in [3.63, 3.8) is 0 Å². The third-order valence-electron chi connectivity index (χ3n) is 3.05. The summed E-state index contributed by atoms with van der Waals surface area (Å²) in [6, 6.07) is 2.12. The van der Waals surface area contributed by atoms with E-state index in [9.17, 15) is 0 Å². The van der Waals surface area contributed by atoms with E-state index in [1.165, 1.54) is 0 Å². The van der Waals surface area contributed by atoms with E-state index in [0.29, 0.717) is 11.8 Å². The van der Waals surface area contributed by atoms with Crippen LogP contribution in [-0.4, -0.2) is 37.0 Å². The molecule has 0 bridgehead atoms. The average Bonchev–Trinajstić information content (AvgIpc) is 2.32. The maximum Gasteiger partial charge on any atom is 0.152 e. The zero-order valence-electron chi connectivity index (χ0n) is 10.3. The molecule has 4 nitrogen and oxygen atoms in total. The topological polar surface area (TPSA) is 43.4 Å². The molecule has 1 N–H and O–H groups in total. The molecule has 1 aliphatic carbocycles. The van der Waals surface area contributed by atoms with E-state index in [4.69, 9.17) is 21.1 Å². The Bertz CT molecular complexity index is 419. The van der Waals surface area contributed by atoms with Crippen LogP contribution in [0.25, 0.3) is 0 Å². The van der Waals surface area contributed by atoms with Gasteiger partial charge in [-0.3, -0.25) is 0 Å². The summed E-state index contributed by atoms with van der Waals surface area (Å²) < 4.78 is 11.9. The van der Waals surface area contributed by atoms with Gasteiger partial charge in [-0.2, -0.15) is 0 Å². The molecule has 3 unspecified atom stereocenters. The molecule has 1 fully saturated rings. The largest absolute Gasteiger partial charge is 0.377 e.